The summed E-state index contributed by atoms with van der Waals surface area (Å²) in [6.07, 6.45) is 1.42. The molecular weight excluding hydrogens is 136 g/mol. The Labute approximate surface area is 57.7 Å². The van der Waals surface area contributed by atoms with Crippen LogP contribution in [0.3, 0.4) is 0 Å². The summed E-state index contributed by atoms with van der Waals surface area (Å²) < 4.78 is 0. The van der Waals surface area contributed by atoms with Crippen LogP contribution in [0.5, 0.6) is 0 Å². The first-order chi connectivity index (χ1) is 4.34. The minimum absolute atomic E-state index is 0.233. The van der Waals surface area contributed by atoms with Crippen molar-refractivity contribution in [3.05, 3.63) is 29.0 Å². The molecule has 0 N–H and O–H groups in total. The van der Waals surface area contributed by atoms with E-state index in [4.69, 9.17) is 16.9 Å². The Balaban J connectivity index is 3.20. The minimum atomic E-state index is 0.233. The molecule has 9 heavy (non-hydrogen) atoms. The topological polar surface area (TPSA) is 36.7 Å². The second-order valence-electron chi connectivity index (χ2n) is 1.39. The van der Waals surface area contributed by atoms with Gasteiger partial charge < -0.3 is 0 Å². The Kier molecular flexibility index (Phi) is 1.66. The molecule has 1 aromatic heterocycles. The van der Waals surface area contributed by atoms with E-state index < -0.39 is 0 Å². The smallest absolute Gasteiger partial charge is 0.146 e. The summed E-state index contributed by atoms with van der Waals surface area (Å²) in [5, 5.41) is 8.56. The summed E-state index contributed by atoms with van der Waals surface area (Å²) in [6, 6.07) is 6.00. The van der Waals surface area contributed by atoms with Crippen LogP contribution in [-0.2, 0) is 0 Å². The lowest BCUT2D eigenvalue weighted by Crippen LogP contribution is -1.78. The third-order valence-corrected chi connectivity index (χ3v) is 1.12. The highest BCUT2D eigenvalue weighted by atomic mass is 35.5. The number of halogens is 1. The number of hydrogen-bond donors (Lipinski definition) is 0. The van der Waals surface area contributed by atoms with Gasteiger partial charge in [-0.2, -0.15) is 5.26 Å². The lowest BCUT2D eigenvalue weighted by Gasteiger charge is -1.86. The van der Waals surface area contributed by atoms with Crippen LogP contribution in [0.4, 0.5) is 0 Å². The maximum atomic E-state index is 8.32. The molecule has 0 fully saturated rings. The Hall–Kier alpha value is -1.07. The van der Waals surface area contributed by atoms with Crippen LogP contribution in [0.25, 0.3) is 0 Å². The molecule has 0 aromatic carbocycles. The molecule has 3 heteroatoms. The number of hydrogen-bond acceptors (Lipinski definition) is 2. The average molecular weight is 138 g/mol. The van der Waals surface area contributed by atoms with Crippen LogP contribution in [0.2, 0.25) is 5.15 Å². The van der Waals surface area contributed by atoms with Gasteiger partial charge in [0.15, 0.2) is 0 Å². The zero-order chi connectivity index (χ0) is 6.69. The van der Waals surface area contributed by atoms with E-state index >= 15 is 0 Å². The molecule has 0 unspecified atom stereocenters. The van der Waals surface area contributed by atoms with Crippen molar-refractivity contribution in [2.75, 3.05) is 0 Å². The van der Waals surface area contributed by atoms with Crippen molar-refractivity contribution < 1.29 is 0 Å². The van der Waals surface area contributed by atoms with Crippen LogP contribution in [0.1, 0.15) is 5.56 Å². The second-order valence-corrected chi connectivity index (χ2v) is 1.74. The highest BCUT2D eigenvalue weighted by Gasteiger charge is 1.94. The first kappa shape index (κ1) is 6.06. The summed E-state index contributed by atoms with van der Waals surface area (Å²) in [6.45, 7) is 0. The van der Waals surface area contributed by atoms with E-state index in [1.165, 1.54) is 12.3 Å². The highest BCUT2D eigenvalue weighted by Crippen LogP contribution is 2.08. The van der Waals surface area contributed by atoms with Crippen molar-refractivity contribution in [1.29, 1.82) is 5.26 Å². The summed E-state index contributed by atoms with van der Waals surface area (Å²) >= 11 is 5.47. The van der Waals surface area contributed by atoms with Crippen LogP contribution in [0.15, 0.2) is 12.3 Å². The molecule has 1 rings (SSSR count). The lowest BCUT2D eigenvalue weighted by molar-refractivity contribution is 1.30. The number of nitrogens with zero attached hydrogens (tertiary/aromatic N) is 2. The van der Waals surface area contributed by atoms with Crippen molar-refractivity contribution in [1.82, 2.24) is 4.98 Å². The van der Waals surface area contributed by atoms with Crippen molar-refractivity contribution >= 4 is 11.6 Å². The molecule has 0 atom stereocenters. The SMILES string of the molecule is N#Cc1c[c]cnc1Cl. The van der Waals surface area contributed by atoms with Gasteiger partial charge in [0.05, 0.1) is 5.56 Å². The third-order valence-electron chi connectivity index (χ3n) is 0.823. The van der Waals surface area contributed by atoms with Gasteiger partial charge in [0.2, 0.25) is 0 Å². The molecule has 1 aromatic rings. The largest absolute Gasteiger partial charge is 0.243 e. The van der Waals surface area contributed by atoms with E-state index in [1.807, 2.05) is 6.07 Å². The third kappa shape index (κ3) is 1.18. The molecule has 43 valence electrons. The Morgan fingerprint density at radius 2 is 2.56 bits per heavy atom. The lowest BCUT2D eigenvalue weighted by atomic mass is 10.3. The molecule has 0 aliphatic carbocycles. The molecule has 2 nitrogen and oxygen atoms in total. The number of aromatic nitrogens is 1. The van der Waals surface area contributed by atoms with E-state index in [1.54, 1.807) is 0 Å². The summed E-state index contributed by atoms with van der Waals surface area (Å²) in [5.41, 5.74) is 0.360. The molecule has 0 aliphatic heterocycles. The second kappa shape index (κ2) is 2.47. The first-order valence-corrected chi connectivity index (χ1v) is 2.64. The van der Waals surface area contributed by atoms with Crippen LogP contribution in [-0.4, -0.2) is 4.98 Å². The van der Waals surface area contributed by atoms with Crippen LogP contribution in [0, 0.1) is 17.4 Å². The van der Waals surface area contributed by atoms with Gasteiger partial charge >= 0.3 is 0 Å². The minimum Gasteiger partial charge on any atom is -0.243 e. The van der Waals surface area contributed by atoms with E-state index in [9.17, 15) is 0 Å². The molecule has 0 aliphatic rings. The van der Waals surface area contributed by atoms with E-state index in [0.717, 1.165) is 0 Å². The number of pyridine rings is 1. The molecule has 0 spiro atoms. The van der Waals surface area contributed by atoms with Crippen molar-refractivity contribution in [2.24, 2.45) is 0 Å². The maximum Gasteiger partial charge on any atom is 0.146 e. The zero-order valence-electron chi connectivity index (χ0n) is 4.43. The monoisotopic (exact) mass is 137 g/mol. The number of nitriles is 1. The van der Waals surface area contributed by atoms with Crippen LogP contribution < -0.4 is 0 Å². The molecule has 0 bridgehead atoms. The van der Waals surface area contributed by atoms with Gasteiger partial charge in [-0.25, -0.2) is 4.98 Å². The van der Waals surface area contributed by atoms with Gasteiger partial charge in [-0.05, 0) is 6.07 Å². The van der Waals surface area contributed by atoms with Crippen molar-refractivity contribution in [2.45, 2.75) is 0 Å². The fraction of sp³-hybridized carbons (Fsp3) is 0. The molecule has 1 heterocycles. The van der Waals surface area contributed by atoms with Gasteiger partial charge in [-0.1, -0.05) is 11.6 Å². The molecule has 0 saturated heterocycles. The summed E-state index contributed by atoms with van der Waals surface area (Å²) in [5.74, 6) is 0. The van der Waals surface area contributed by atoms with Gasteiger partial charge in [0.25, 0.3) is 0 Å². The van der Waals surface area contributed by atoms with Crippen LogP contribution >= 0.6 is 11.6 Å². The summed E-state index contributed by atoms with van der Waals surface area (Å²) in [7, 11) is 0. The Bertz CT molecular complexity index is 251. The van der Waals surface area contributed by atoms with Gasteiger partial charge in [0.1, 0.15) is 11.2 Å². The predicted molar refractivity (Wildman–Crippen MR) is 32.8 cm³/mol. The molecule has 0 amide bonds. The fourth-order valence-corrected chi connectivity index (χ4v) is 0.568. The standard InChI is InChI=1S/C6H2ClN2/c7-6-5(4-8)2-1-3-9-6/h2-3H. The fourth-order valence-electron chi connectivity index (χ4n) is 0.422. The van der Waals surface area contributed by atoms with Crippen molar-refractivity contribution in [3.63, 3.8) is 0 Å². The zero-order valence-corrected chi connectivity index (χ0v) is 5.18. The Morgan fingerprint density at radius 1 is 1.78 bits per heavy atom. The predicted octanol–water partition coefficient (Wildman–Crippen LogP) is 1.41. The summed E-state index contributed by atoms with van der Waals surface area (Å²) in [4.78, 5) is 3.64. The van der Waals surface area contributed by atoms with E-state index in [-0.39, 0.29) is 5.15 Å². The molecule has 1 radical (unpaired) electrons. The van der Waals surface area contributed by atoms with E-state index in [0.29, 0.717) is 5.56 Å². The quantitative estimate of drug-likeness (QED) is 0.507. The Morgan fingerprint density at radius 3 is 3.00 bits per heavy atom. The average Bonchev–Trinajstić information content (AvgIpc) is 1.89. The first-order valence-electron chi connectivity index (χ1n) is 2.26. The normalized spacial score (nSPS) is 8.44. The number of rotatable bonds is 0. The molecular formula is C6H2ClN2. The molecule has 0 saturated carbocycles. The van der Waals surface area contributed by atoms with Crippen molar-refractivity contribution in [3.8, 4) is 6.07 Å². The van der Waals surface area contributed by atoms with Gasteiger partial charge in [-0.15, -0.1) is 0 Å². The van der Waals surface area contributed by atoms with E-state index in [2.05, 4.69) is 11.1 Å². The maximum absolute atomic E-state index is 8.32. The van der Waals surface area contributed by atoms with Gasteiger partial charge in [0, 0.05) is 12.3 Å². The van der Waals surface area contributed by atoms with Gasteiger partial charge in [-0.3, -0.25) is 0 Å². The highest BCUT2D eigenvalue weighted by molar-refractivity contribution is 6.30.